The van der Waals surface area contributed by atoms with Crippen molar-refractivity contribution in [2.75, 3.05) is 13.1 Å². The molecule has 0 atom stereocenters. The molecule has 0 N–H and O–H groups in total. The first-order valence-electron chi connectivity index (χ1n) is 9.65. The Labute approximate surface area is 159 Å². The maximum Gasteiger partial charge on any atom is 0.292 e. The van der Waals surface area contributed by atoms with E-state index in [2.05, 4.69) is 35.5 Å². The zero-order chi connectivity index (χ0) is 18.5. The van der Waals surface area contributed by atoms with Crippen LogP contribution in [0.1, 0.15) is 35.4 Å². The number of nitrogens with zero attached hydrogens (tertiary/aromatic N) is 2. The number of benzene rings is 2. The van der Waals surface area contributed by atoms with Crippen LogP contribution in [-0.4, -0.2) is 29.1 Å². The van der Waals surface area contributed by atoms with Crippen molar-refractivity contribution in [1.82, 2.24) is 10.1 Å². The summed E-state index contributed by atoms with van der Waals surface area (Å²) < 4.78 is 5.33. The van der Waals surface area contributed by atoms with E-state index in [-0.39, 0.29) is 5.91 Å². The van der Waals surface area contributed by atoms with Gasteiger partial charge in [0.15, 0.2) is 0 Å². The van der Waals surface area contributed by atoms with E-state index in [0.717, 1.165) is 37.9 Å². The zero-order valence-electron chi connectivity index (χ0n) is 15.4. The van der Waals surface area contributed by atoms with Crippen molar-refractivity contribution in [2.45, 2.75) is 25.7 Å². The van der Waals surface area contributed by atoms with Crippen molar-refractivity contribution in [3.05, 3.63) is 78.1 Å². The quantitative estimate of drug-likeness (QED) is 0.655. The number of carbonyl (C=O) groups excluding carboxylic acids is 1. The van der Waals surface area contributed by atoms with E-state index >= 15 is 0 Å². The van der Waals surface area contributed by atoms with Crippen LogP contribution in [0, 0.1) is 5.92 Å². The van der Waals surface area contributed by atoms with E-state index in [9.17, 15) is 4.79 Å². The van der Waals surface area contributed by atoms with E-state index in [4.69, 9.17) is 4.52 Å². The number of hydrogen-bond donors (Lipinski definition) is 0. The van der Waals surface area contributed by atoms with Gasteiger partial charge in [-0.3, -0.25) is 4.79 Å². The number of aromatic nitrogens is 1. The van der Waals surface area contributed by atoms with Crippen LogP contribution in [0.3, 0.4) is 0 Å². The topological polar surface area (TPSA) is 46.3 Å². The number of rotatable bonds is 5. The van der Waals surface area contributed by atoms with Crippen molar-refractivity contribution in [3.63, 3.8) is 0 Å². The van der Waals surface area contributed by atoms with Crippen molar-refractivity contribution in [2.24, 2.45) is 5.92 Å². The first-order chi connectivity index (χ1) is 13.3. The molecule has 1 fully saturated rings. The maximum absolute atomic E-state index is 12.7. The summed E-state index contributed by atoms with van der Waals surface area (Å²) in [6.45, 7) is 1.58. The first-order valence-corrected chi connectivity index (χ1v) is 9.65. The van der Waals surface area contributed by atoms with Gasteiger partial charge in [0.1, 0.15) is 5.69 Å². The Morgan fingerprint density at radius 3 is 2.37 bits per heavy atom. The van der Waals surface area contributed by atoms with Gasteiger partial charge < -0.3 is 9.42 Å². The molecule has 1 aliphatic rings. The molecule has 0 unspecified atom stereocenters. The highest BCUT2D eigenvalue weighted by atomic mass is 16.5. The molecule has 1 saturated heterocycles. The van der Waals surface area contributed by atoms with Crippen molar-refractivity contribution in [3.8, 4) is 11.3 Å². The summed E-state index contributed by atoms with van der Waals surface area (Å²) in [5.74, 6) is 0.964. The highest BCUT2D eigenvalue weighted by Crippen LogP contribution is 2.25. The summed E-state index contributed by atoms with van der Waals surface area (Å²) in [5, 5.41) is 4.06. The fourth-order valence-corrected chi connectivity index (χ4v) is 3.72. The highest BCUT2D eigenvalue weighted by molar-refractivity contribution is 5.92. The Hall–Kier alpha value is -2.88. The average molecular weight is 360 g/mol. The molecule has 0 saturated carbocycles. The Morgan fingerprint density at radius 2 is 1.67 bits per heavy atom. The van der Waals surface area contributed by atoms with Crippen LogP contribution in [0.2, 0.25) is 0 Å². The number of likely N-dealkylation sites (tertiary alicyclic amines) is 1. The number of hydrogen-bond acceptors (Lipinski definition) is 3. The lowest BCUT2D eigenvalue weighted by atomic mass is 9.90. The fourth-order valence-electron chi connectivity index (χ4n) is 3.72. The lowest BCUT2D eigenvalue weighted by Gasteiger charge is -2.31. The molecule has 1 amide bonds. The van der Waals surface area contributed by atoms with E-state index in [0.29, 0.717) is 17.4 Å². The van der Waals surface area contributed by atoms with Gasteiger partial charge in [0.2, 0.25) is 5.76 Å². The number of carbonyl (C=O) groups is 1. The summed E-state index contributed by atoms with van der Waals surface area (Å²) in [7, 11) is 0. The Kier molecular flexibility index (Phi) is 5.33. The van der Waals surface area contributed by atoms with Gasteiger partial charge in [-0.05, 0) is 37.2 Å². The molecule has 1 aliphatic heterocycles. The maximum atomic E-state index is 12.7. The SMILES string of the molecule is O=C(c1cc(-c2ccccc2)no1)N1CCC(CCc2ccccc2)CC1. The minimum absolute atomic E-state index is 0.0498. The second kappa shape index (κ2) is 8.21. The number of piperidine rings is 1. The monoisotopic (exact) mass is 360 g/mol. The molecule has 2 aromatic carbocycles. The van der Waals surface area contributed by atoms with Crippen LogP contribution in [-0.2, 0) is 6.42 Å². The van der Waals surface area contributed by atoms with Crippen LogP contribution in [0.5, 0.6) is 0 Å². The molecular weight excluding hydrogens is 336 g/mol. The smallest absolute Gasteiger partial charge is 0.292 e. The molecule has 2 heterocycles. The molecule has 0 bridgehead atoms. The van der Waals surface area contributed by atoms with Gasteiger partial charge in [0.05, 0.1) is 0 Å². The van der Waals surface area contributed by atoms with E-state index < -0.39 is 0 Å². The third-order valence-electron chi connectivity index (χ3n) is 5.38. The van der Waals surface area contributed by atoms with Gasteiger partial charge in [-0.15, -0.1) is 0 Å². The van der Waals surface area contributed by atoms with Crippen LogP contribution < -0.4 is 0 Å². The van der Waals surface area contributed by atoms with Crippen LogP contribution in [0.25, 0.3) is 11.3 Å². The van der Waals surface area contributed by atoms with Crippen molar-refractivity contribution in [1.29, 1.82) is 0 Å². The molecule has 0 aliphatic carbocycles. The van der Waals surface area contributed by atoms with Crippen LogP contribution >= 0.6 is 0 Å². The molecule has 4 heteroatoms. The van der Waals surface area contributed by atoms with Crippen LogP contribution in [0.15, 0.2) is 71.3 Å². The van der Waals surface area contributed by atoms with Gasteiger partial charge in [0.25, 0.3) is 5.91 Å². The highest BCUT2D eigenvalue weighted by Gasteiger charge is 2.26. The number of aryl methyl sites for hydroxylation is 1. The third-order valence-corrected chi connectivity index (χ3v) is 5.38. The molecule has 4 rings (SSSR count). The average Bonchev–Trinajstić information content (AvgIpc) is 3.24. The zero-order valence-corrected chi connectivity index (χ0v) is 15.4. The summed E-state index contributed by atoms with van der Waals surface area (Å²) in [4.78, 5) is 14.6. The molecule has 138 valence electrons. The Balaban J connectivity index is 1.30. The number of amides is 1. The molecule has 27 heavy (non-hydrogen) atoms. The second-order valence-corrected chi connectivity index (χ2v) is 7.20. The lowest BCUT2D eigenvalue weighted by molar-refractivity contribution is 0.0645. The Bertz CT molecular complexity index is 866. The van der Waals surface area contributed by atoms with Gasteiger partial charge in [-0.1, -0.05) is 65.8 Å². The largest absolute Gasteiger partial charge is 0.350 e. The fraction of sp³-hybridized carbons (Fsp3) is 0.304. The lowest BCUT2D eigenvalue weighted by Crippen LogP contribution is -2.38. The predicted molar refractivity (Wildman–Crippen MR) is 105 cm³/mol. The summed E-state index contributed by atoms with van der Waals surface area (Å²) >= 11 is 0. The summed E-state index contributed by atoms with van der Waals surface area (Å²) in [6, 6.07) is 22.2. The summed E-state index contributed by atoms with van der Waals surface area (Å²) in [6.07, 6.45) is 4.41. The Morgan fingerprint density at radius 1 is 1.00 bits per heavy atom. The third kappa shape index (κ3) is 4.27. The predicted octanol–water partition coefficient (Wildman–Crippen LogP) is 4.83. The molecule has 0 radical (unpaired) electrons. The van der Waals surface area contributed by atoms with Gasteiger partial charge >= 0.3 is 0 Å². The van der Waals surface area contributed by atoms with Crippen molar-refractivity contribution >= 4 is 5.91 Å². The molecule has 3 aromatic rings. The standard InChI is InChI=1S/C23H24N2O2/c26-23(22-17-21(24-27-22)20-9-5-2-6-10-20)25-15-13-19(14-16-25)12-11-18-7-3-1-4-8-18/h1-10,17,19H,11-16H2. The van der Waals surface area contributed by atoms with Gasteiger partial charge in [-0.2, -0.15) is 0 Å². The van der Waals surface area contributed by atoms with E-state index in [1.54, 1.807) is 6.07 Å². The first kappa shape index (κ1) is 17.5. The van der Waals surface area contributed by atoms with Gasteiger partial charge in [0, 0.05) is 24.7 Å². The van der Waals surface area contributed by atoms with E-state index in [1.165, 1.54) is 12.0 Å². The minimum atomic E-state index is -0.0498. The molecular formula is C23H24N2O2. The van der Waals surface area contributed by atoms with Crippen molar-refractivity contribution < 1.29 is 9.32 Å². The van der Waals surface area contributed by atoms with Crippen LogP contribution in [0.4, 0.5) is 0 Å². The normalized spacial score (nSPS) is 15.0. The van der Waals surface area contributed by atoms with E-state index in [1.807, 2.05) is 35.2 Å². The minimum Gasteiger partial charge on any atom is -0.350 e. The summed E-state index contributed by atoms with van der Waals surface area (Å²) in [5.41, 5.74) is 3.06. The van der Waals surface area contributed by atoms with Gasteiger partial charge in [-0.25, -0.2) is 0 Å². The second-order valence-electron chi connectivity index (χ2n) is 7.20. The molecule has 1 aromatic heterocycles. The molecule has 0 spiro atoms. The molecule has 4 nitrogen and oxygen atoms in total.